The van der Waals surface area contributed by atoms with Crippen LogP contribution in [0.3, 0.4) is 0 Å². The number of amides is 1. The van der Waals surface area contributed by atoms with Crippen LogP contribution >= 0.6 is 34.5 Å². The van der Waals surface area contributed by atoms with Crippen molar-refractivity contribution in [3.8, 4) is 11.1 Å². The third kappa shape index (κ3) is 3.37. The van der Waals surface area contributed by atoms with E-state index in [1.165, 1.54) is 22.2 Å². The second-order valence-electron chi connectivity index (χ2n) is 6.61. The average Bonchev–Trinajstić information content (AvgIpc) is 3.28. The predicted molar refractivity (Wildman–Crippen MR) is 110 cm³/mol. The molecule has 27 heavy (non-hydrogen) atoms. The maximum Gasteiger partial charge on any atom is 0.263 e. The first-order valence-electron chi connectivity index (χ1n) is 8.67. The average molecular weight is 422 g/mol. The second kappa shape index (κ2) is 7.26. The summed E-state index contributed by atoms with van der Waals surface area (Å²) in [5.41, 5.74) is 1.41. The zero-order valence-corrected chi connectivity index (χ0v) is 17.0. The molecule has 1 saturated heterocycles. The molecule has 0 atom stereocenters. The third-order valence-electron chi connectivity index (χ3n) is 4.83. The fraction of sp³-hybridized carbons (Fsp3) is 0.316. The molecule has 140 valence electrons. The first-order valence-corrected chi connectivity index (χ1v) is 10.2. The van der Waals surface area contributed by atoms with Crippen molar-refractivity contribution in [3.05, 3.63) is 49.8 Å². The van der Waals surface area contributed by atoms with Crippen LogP contribution in [0.2, 0.25) is 10.0 Å². The molecule has 2 aromatic heterocycles. The Hall–Kier alpha value is -1.89. The normalized spacial score (nSPS) is 14.3. The Morgan fingerprint density at radius 3 is 2.67 bits per heavy atom. The number of nitrogens with zero attached hydrogens (tertiary/aromatic N) is 3. The van der Waals surface area contributed by atoms with Gasteiger partial charge in [-0.05, 0) is 37.5 Å². The summed E-state index contributed by atoms with van der Waals surface area (Å²) in [6, 6.07) is 5.31. The van der Waals surface area contributed by atoms with Gasteiger partial charge >= 0.3 is 0 Å². The van der Waals surface area contributed by atoms with Crippen LogP contribution in [0, 0.1) is 6.92 Å². The molecule has 0 saturated carbocycles. The molecular weight excluding hydrogens is 405 g/mol. The van der Waals surface area contributed by atoms with Gasteiger partial charge in [-0.2, -0.15) is 0 Å². The Morgan fingerprint density at radius 2 is 1.96 bits per heavy atom. The number of fused-ring (bicyclic) bond motifs is 1. The standard InChI is InChI=1S/C19H17Cl2N3O2S/c1-11-16(12-4-5-13(20)14(21)8-12)17-18(27-11)22-10-24(19(17)26)9-15(25)23-6-2-3-7-23/h4-5,8,10H,2-3,6-7,9H2,1H3. The highest BCUT2D eigenvalue weighted by Gasteiger charge is 2.21. The highest BCUT2D eigenvalue weighted by atomic mass is 35.5. The number of aryl methyl sites for hydroxylation is 1. The van der Waals surface area contributed by atoms with Crippen LogP contribution in [0.4, 0.5) is 0 Å². The van der Waals surface area contributed by atoms with E-state index in [2.05, 4.69) is 4.98 Å². The SMILES string of the molecule is Cc1sc2ncn(CC(=O)N3CCCC3)c(=O)c2c1-c1ccc(Cl)c(Cl)c1. The zero-order chi connectivity index (χ0) is 19.1. The van der Waals surface area contributed by atoms with Gasteiger partial charge in [-0.15, -0.1) is 11.3 Å². The maximum atomic E-state index is 13.1. The van der Waals surface area contributed by atoms with Crippen LogP contribution in [0.25, 0.3) is 21.3 Å². The topological polar surface area (TPSA) is 55.2 Å². The minimum Gasteiger partial charge on any atom is -0.341 e. The first kappa shape index (κ1) is 18.5. The fourth-order valence-electron chi connectivity index (χ4n) is 3.46. The van der Waals surface area contributed by atoms with Crippen LogP contribution in [0.1, 0.15) is 17.7 Å². The molecule has 3 heterocycles. The fourth-order valence-corrected chi connectivity index (χ4v) is 4.76. The molecule has 0 N–H and O–H groups in total. The Kier molecular flexibility index (Phi) is 4.97. The van der Waals surface area contributed by atoms with Crippen molar-refractivity contribution in [2.75, 3.05) is 13.1 Å². The minimum atomic E-state index is -0.210. The van der Waals surface area contributed by atoms with Gasteiger partial charge < -0.3 is 4.90 Å². The number of carbonyl (C=O) groups is 1. The summed E-state index contributed by atoms with van der Waals surface area (Å²) in [5.74, 6) is -0.0428. The Labute approximate surface area is 170 Å². The molecule has 5 nitrogen and oxygen atoms in total. The van der Waals surface area contributed by atoms with E-state index in [1.54, 1.807) is 17.0 Å². The number of benzene rings is 1. The third-order valence-corrected chi connectivity index (χ3v) is 6.58. The van der Waals surface area contributed by atoms with Crippen LogP contribution in [-0.4, -0.2) is 33.4 Å². The quantitative estimate of drug-likeness (QED) is 0.630. The molecule has 0 unspecified atom stereocenters. The van der Waals surface area contributed by atoms with E-state index in [0.717, 1.165) is 41.9 Å². The maximum absolute atomic E-state index is 13.1. The largest absolute Gasteiger partial charge is 0.341 e. The lowest BCUT2D eigenvalue weighted by Gasteiger charge is -2.15. The van der Waals surface area contributed by atoms with E-state index in [-0.39, 0.29) is 18.0 Å². The van der Waals surface area contributed by atoms with Crippen molar-refractivity contribution in [1.29, 1.82) is 0 Å². The Balaban J connectivity index is 1.81. The summed E-state index contributed by atoms with van der Waals surface area (Å²) >= 11 is 13.7. The molecular formula is C19H17Cl2N3O2S. The van der Waals surface area contributed by atoms with E-state index in [4.69, 9.17) is 23.2 Å². The van der Waals surface area contributed by atoms with E-state index in [1.807, 2.05) is 13.0 Å². The molecule has 1 aromatic carbocycles. The highest BCUT2D eigenvalue weighted by Crippen LogP contribution is 2.37. The number of carbonyl (C=O) groups excluding carboxylic acids is 1. The highest BCUT2D eigenvalue weighted by molar-refractivity contribution is 7.19. The minimum absolute atomic E-state index is 0.0114. The number of hydrogen-bond acceptors (Lipinski definition) is 4. The van der Waals surface area contributed by atoms with Crippen LogP contribution in [0.5, 0.6) is 0 Å². The number of hydrogen-bond donors (Lipinski definition) is 0. The van der Waals surface area contributed by atoms with Gasteiger partial charge in [-0.1, -0.05) is 29.3 Å². The lowest BCUT2D eigenvalue weighted by atomic mass is 10.0. The molecule has 0 spiro atoms. The number of rotatable bonds is 3. The Bertz CT molecular complexity index is 1100. The zero-order valence-electron chi connectivity index (χ0n) is 14.7. The first-order chi connectivity index (χ1) is 13.0. The molecule has 0 bridgehead atoms. The summed E-state index contributed by atoms with van der Waals surface area (Å²) in [6.45, 7) is 3.48. The van der Waals surface area contributed by atoms with Crippen molar-refractivity contribution in [2.24, 2.45) is 0 Å². The van der Waals surface area contributed by atoms with Gasteiger partial charge in [0.15, 0.2) is 0 Å². The molecule has 8 heteroatoms. The van der Waals surface area contributed by atoms with Gasteiger partial charge in [0.1, 0.15) is 11.4 Å². The van der Waals surface area contributed by atoms with E-state index in [9.17, 15) is 9.59 Å². The molecule has 4 rings (SSSR count). The number of aromatic nitrogens is 2. The Morgan fingerprint density at radius 1 is 1.22 bits per heavy atom. The molecule has 1 aliphatic rings. The van der Waals surface area contributed by atoms with Crippen molar-refractivity contribution >= 4 is 50.7 Å². The van der Waals surface area contributed by atoms with Crippen LogP contribution in [-0.2, 0) is 11.3 Å². The number of thiophene rings is 1. The van der Waals surface area contributed by atoms with E-state index < -0.39 is 0 Å². The van der Waals surface area contributed by atoms with E-state index in [0.29, 0.717) is 20.3 Å². The van der Waals surface area contributed by atoms with Gasteiger partial charge in [0.05, 0.1) is 21.8 Å². The lowest BCUT2D eigenvalue weighted by molar-refractivity contribution is -0.130. The van der Waals surface area contributed by atoms with Gasteiger partial charge in [0, 0.05) is 23.5 Å². The second-order valence-corrected chi connectivity index (χ2v) is 8.63. The molecule has 1 fully saturated rings. The van der Waals surface area contributed by atoms with Gasteiger partial charge in [0.25, 0.3) is 5.56 Å². The van der Waals surface area contributed by atoms with Crippen LogP contribution < -0.4 is 5.56 Å². The molecule has 3 aromatic rings. The molecule has 0 aliphatic carbocycles. The number of halogens is 2. The number of likely N-dealkylation sites (tertiary alicyclic amines) is 1. The monoisotopic (exact) mass is 421 g/mol. The summed E-state index contributed by atoms with van der Waals surface area (Å²) in [7, 11) is 0. The van der Waals surface area contributed by atoms with Gasteiger partial charge in [-0.3, -0.25) is 14.2 Å². The summed E-state index contributed by atoms with van der Waals surface area (Å²) in [5, 5.41) is 1.42. The van der Waals surface area contributed by atoms with Crippen molar-refractivity contribution in [2.45, 2.75) is 26.3 Å². The molecule has 0 radical (unpaired) electrons. The van der Waals surface area contributed by atoms with Crippen molar-refractivity contribution in [1.82, 2.24) is 14.5 Å². The van der Waals surface area contributed by atoms with Crippen molar-refractivity contribution < 1.29 is 4.79 Å². The smallest absolute Gasteiger partial charge is 0.263 e. The summed E-state index contributed by atoms with van der Waals surface area (Å²) < 4.78 is 1.40. The van der Waals surface area contributed by atoms with E-state index >= 15 is 0 Å². The van der Waals surface area contributed by atoms with Gasteiger partial charge in [-0.25, -0.2) is 4.98 Å². The lowest BCUT2D eigenvalue weighted by Crippen LogP contribution is -2.34. The summed E-state index contributed by atoms with van der Waals surface area (Å²) in [4.78, 5) is 33.4. The van der Waals surface area contributed by atoms with Gasteiger partial charge in [0.2, 0.25) is 5.91 Å². The molecule has 1 amide bonds. The molecule has 1 aliphatic heterocycles. The van der Waals surface area contributed by atoms with Crippen LogP contribution in [0.15, 0.2) is 29.3 Å². The predicted octanol–water partition coefficient (Wildman–Crippen LogP) is 4.36. The summed E-state index contributed by atoms with van der Waals surface area (Å²) in [6.07, 6.45) is 3.50. The van der Waals surface area contributed by atoms with Crippen molar-refractivity contribution in [3.63, 3.8) is 0 Å².